The number of hydrogen-bond acceptors (Lipinski definition) is 5. The van der Waals surface area contributed by atoms with E-state index in [4.69, 9.17) is 0 Å². The van der Waals surface area contributed by atoms with Crippen LogP contribution in [0.3, 0.4) is 0 Å². The Bertz CT molecular complexity index is 1050. The number of amides is 1. The van der Waals surface area contributed by atoms with Gasteiger partial charge >= 0.3 is 0 Å². The average Bonchev–Trinajstić information content (AvgIpc) is 2.87. The molecule has 172 valence electrons. The number of pyridine rings is 1. The highest BCUT2D eigenvalue weighted by Gasteiger charge is 2.19. The van der Waals surface area contributed by atoms with Gasteiger partial charge in [0.2, 0.25) is 0 Å². The summed E-state index contributed by atoms with van der Waals surface area (Å²) in [6, 6.07) is 23.0. The predicted octanol–water partition coefficient (Wildman–Crippen LogP) is 4.07. The maximum atomic E-state index is 12.3. The molecule has 0 saturated carbocycles. The minimum atomic E-state index is -0.0301. The van der Waals surface area contributed by atoms with Crippen LogP contribution >= 0.6 is 0 Å². The predicted molar refractivity (Wildman–Crippen MR) is 136 cm³/mol. The zero-order valence-electron chi connectivity index (χ0n) is 19.6. The number of piperazine rings is 1. The van der Waals surface area contributed by atoms with E-state index in [1.54, 1.807) is 31.3 Å². The molecule has 2 aromatic carbocycles. The molecule has 0 atom stereocenters. The van der Waals surface area contributed by atoms with E-state index in [9.17, 15) is 4.79 Å². The van der Waals surface area contributed by atoms with Crippen molar-refractivity contribution in [2.24, 2.45) is 0 Å². The first-order valence-corrected chi connectivity index (χ1v) is 11.7. The SMILES string of the molecule is CN(C)C(=O)c1cccnc1NCCCN1CCN(c2ccccc2-c2ccccc2)CC1. The van der Waals surface area contributed by atoms with Crippen LogP contribution in [-0.4, -0.2) is 74.1 Å². The molecule has 6 heteroatoms. The molecule has 0 radical (unpaired) electrons. The fourth-order valence-corrected chi connectivity index (χ4v) is 4.29. The van der Waals surface area contributed by atoms with E-state index < -0.39 is 0 Å². The highest BCUT2D eigenvalue weighted by molar-refractivity contribution is 5.98. The zero-order valence-corrected chi connectivity index (χ0v) is 19.6. The summed E-state index contributed by atoms with van der Waals surface area (Å²) < 4.78 is 0. The van der Waals surface area contributed by atoms with Gasteiger partial charge in [0, 0.05) is 64.3 Å². The van der Waals surface area contributed by atoms with E-state index in [0.29, 0.717) is 11.4 Å². The van der Waals surface area contributed by atoms with Crippen LogP contribution in [0.4, 0.5) is 11.5 Å². The third-order valence-electron chi connectivity index (χ3n) is 6.09. The van der Waals surface area contributed by atoms with Crippen molar-refractivity contribution >= 4 is 17.4 Å². The van der Waals surface area contributed by atoms with Gasteiger partial charge in [-0.25, -0.2) is 4.98 Å². The van der Waals surface area contributed by atoms with Crippen molar-refractivity contribution in [3.05, 3.63) is 78.5 Å². The van der Waals surface area contributed by atoms with E-state index in [1.807, 2.05) is 6.07 Å². The molecule has 0 bridgehead atoms. The lowest BCUT2D eigenvalue weighted by Crippen LogP contribution is -2.47. The monoisotopic (exact) mass is 443 g/mol. The number of rotatable bonds is 8. The summed E-state index contributed by atoms with van der Waals surface area (Å²) in [6.45, 7) is 5.99. The Labute approximate surface area is 196 Å². The number of para-hydroxylation sites is 1. The molecular formula is C27H33N5O. The molecule has 1 fully saturated rings. The largest absolute Gasteiger partial charge is 0.369 e. The average molecular weight is 444 g/mol. The van der Waals surface area contributed by atoms with E-state index in [2.05, 4.69) is 74.7 Å². The van der Waals surface area contributed by atoms with Crippen LogP contribution in [0.2, 0.25) is 0 Å². The highest BCUT2D eigenvalue weighted by atomic mass is 16.2. The number of anilines is 2. The first-order valence-electron chi connectivity index (χ1n) is 11.7. The van der Waals surface area contributed by atoms with Gasteiger partial charge in [0.05, 0.1) is 5.56 Å². The van der Waals surface area contributed by atoms with Gasteiger partial charge in [0.25, 0.3) is 5.91 Å². The van der Waals surface area contributed by atoms with Crippen molar-refractivity contribution in [2.75, 3.05) is 63.6 Å². The molecular weight excluding hydrogens is 410 g/mol. The van der Waals surface area contributed by atoms with Gasteiger partial charge in [0.15, 0.2) is 0 Å². The Kier molecular flexibility index (Phi) is 7.58. The van der Waals surface area contributed by atoms with Crippen LogP contribution in [0.15, 0.2) is 72.9 Å². The Morgan fingerprint density at radius 1 is 0.939 bits per heavy atom. The van der Waals surface area contributed by atoms with Crippen molar-refractivity contribution < 1.29 is 4.79 Å². The van der Waals surface area contributed by atoms with E-state index >= 15 is 0 Å². The van der Waals surface area contributed by atoms with Gasteiger partial charge in [-0.2, -0.15) is 0 Å². The summed E-state index contributed by atoms with van der Waals surface area (Å²) in [6.07, 6.45) is 2.73. The van der Waals surface area contributed by atoms with Crippen LogP contribution in [0, 0.1) is 0 Å². The van der Waals surface area contributed by atoms with Gasteiger partial charge in [0.1, 0.15) is 5.82 Å². The van der Waals surface area contributed by atoms with Gasteiger partial charge in [-0.1, -0.05) is 48.5 Å². The smallest absolute Gasteiger partial charge is 0.257 e. The summed E-state index contributed by atoms with van der Waals surface area (Å²) in [5, 5.41) is 3.35. The van der Waals surface area contributed by atoms with Crippen molar-refractivity contribution in [3.8, 4) is 11.1 Å². The first kappa shape index (κ1) is 22.8. The second-order valence-corrected chi connectivity index (χ2v) is 8.59. The molecule has 1 aliphatic rings. The van der Waals surface area contributed by atoms with Crippen molar-refractivity contribution in [2.45, 2.75) is 6.42 Å². The summed E-state index contributed by atoms with van der Waals surface area (Å²) in [5.74, 6) is 0.635. The lowest BCUT2D eigenvalue weighted by atomic mass is 10.0. The molecule has 1 aliphatic heterocycles. The summed E-state index contributed by atoms with van der Waals surface area (Å²) >= 11 is 0. The number of carbonyl (C=O) groups is 1. The summed E-state index contributed by atoms with van der Waals surface area (Å²) in [4.78, 5) is 23.3. The molecule has 0 spiro atoms. The van der Waals surface area contributed by atoms with Crippen LogP contribution in [-0.2, 0) is 0 Å². The fourth-order valence-electron chi connectivity index (χ4n) is 4.29. The number of carbonyl (C=O) groups excluding carboxylic acids is 1. The van der Waals surface area contributed by atoms with Gasteiger partial charge in [-0.15, -0.1) is 0 Å². The van der Waals surface area contributed by atoms with Crippen molar-refractivity contribution in [3.63, 3.8) is 0 Å². The third kappa shape index (κ3) is 5.71. The maximum Gasteiger partial charge on any atom is 0.257 e. The zero-order chi connectivity index (χ0) is 23.0. The summed E-state index contributed by atoms with van der Waals surface area (Å²) in [5.41, 5.74) is 4.50. The van der Waals surface area contributed by atoms with Gasteiger partial charge in [-0.3, -0.25) is 9.69 Å². The number of aromatic nitrogens is 1. The van der Waals surface area contributed by atoms with Crippen LogP contribution in [0.25, 0.3) is 11.1 Å². The normalized spacial score (nSPS) is 14.2. The van der Waals surface area contributed by atoms with Crippen molar-refractivity contribution in [1.29, 1.82) is 0 Å². The summed E-state index contributed by atoms with van der Waals surface area (Å²) in [7, 11) is 3.52. The maximum absolute atomic E-state index is 12.3. The Morgan fingerprint density at radius 3 is 2.42 bits per heavy atom. The second kappa shape index (κ2) is 11.0. The highest BCUT2D eigenvalue weighted by Crippen LogP contribution is 2.31. The van der Waals surface area contributed by atoms with Crippen molar-refractivity contribution in [1.82, 2.24) is 14.8 Å². The number of benzene rings is 2. The molecule has 6 nitrogen and oxygen atoms in total. The van der Waals surface area contributed by atoms with Crippen LogP contribution in [0.5, 0.6) is 0 Å². The fraction of sp³-hybridized carbons (Fsp3) is 0.333. The molecule has 1 saturated heterocycles. The van der Waals surface area contributed by atoms with Crippen LogP contribution in [0.1, 0.15) is 16.8 Å². The molecule has 1 aromatic heterocycles. The number of hydrogen-bond donors (Lipinski definition) is 1. The minimum Gasteiger partial charge on any atom is -0.369 e. The third-order valence-corrected chi connectivity index (χ3v) is 6.09. The molecule has 2 heterocycles. The number of nitrogens with one attached hydrogen (secondary N) is 1. The lowest BCUT2D eigenvalue weighted by molar-refractivity contribution is 0.0828. The molecule has 33 heavy (non-hydrogen) atoms. The van der Waals surface area contributed by atoms with Gasteiger partial charge in [-0.05, 0) is 36.7 Å². The quantitative estimate of drug-likeness (QED) is 0.532. The first-order chi connectivity index (χ1) is 16.1. The van der Waals surface area contributed by atoms with Gasteiger partial charge < -0.3 is 15.1 Å². The lowest BCUT2D eigenvalue weighted by Gasteiger charge is -2.37. The molecule has 3 aromatic rings. The topological polar surface area (TPSA) is 51.7 Å². The number of nitrogens with zero attached hydrogens (tertiary/aromatic N) is 4. The van der Waals surface area contributed by atoms with E-state index in [-0.39, 0.29) is 5.91 Å². The van der Waals surface area contributed by atoms with E-state index in [0.717, 1.165) is 45.7 Å². The Morgan fingerprint density at radius 2 is 1.67 bits per heavy atom. The van der Waals surface area contributed by atoms with E-state index in [1.165, 1.54) is 16.8 Å². The molecule has 0 aliphatic carbocycles. The molecule has 1 amide bonds. The molecule has 4 rings (SSSR count). The molecule has 0 unspecified atom stereocenters. The Hall–Kier alpha value is -3.38. The molecule has 1 N–H and O–H groups in total. The Balaban J connectivity index is 1.27. The second-order valence-electron chi connectivity index (χ2n) is 8.59. The standard InChI is InChI=1S/C27H33N5O/c1-30(2)27(33)24-13-8-15-28-26(24)29-16-9-17-31-18-20-32(21-19-31)25-14-7-6-12-23(25)22-10-4-3-5-11-22/h3-8,10-15H,9,16-21H2,1-2H3,(H,28,29). The van der Waals surface area contributed by atoms with Crippen LogP contribution < -0.4 is 10.2 Å². The minimum absolute atomic E-state index is 0.0301.